The van der Waals surface area contributed by atoms with Crippen LogP contribution in [0, 0.1) is 5.92 Å². The predicted octanol–water partition coefficient (Wildman–Crippen LogP) is 2.59. The molecule has 2 aromatic rings. The summed E-state index contributed by atoms with van der Waals surface area (Å²) in [6.07, 6.45) is 6.04. The van der Waals surface area contributed by atoms with Crippen LogP contribution < -0.4 is 5.32 Å². The van der Waals surface area contributed by atoms with Crippen molar-refractivity contribution in [1.82, 2.24) is 20.5 Å². The number of carbonyl (C=O) groups excluding carboxylic acids is 2. The zero-order valence-electron chi connectivity index (χ0n) is 13.3. The normalized spacial score (nSPS) is 14.7. The molecule has 24 heavy (non-hydrogen) atoms. The fourth-order valence-electron chi connectivity index (χ4n) is 2.88. The van der Waals surface area contributed by atoms with E-state index in [0.29, 0.717) is 16.6 Å². The van der Waals surface area contributed by atoms with Crippen LogP contribution in [0.5, 0.6) is 0 Å². The summed E-state index contributed by atoms with van der Waals surface area (Å²) in [6, 6.07) is 8.67. The number of amides is 2. The molecule has 0 bridgehead atoms. The molecule has 0 aliphatic heterocycles. The average Bonchev–Trinajstić information content (AvgIpc) is 3.26. The average molecular weight is 344 g/mol. The zero-order valence-corrected chi connectivity index (χ0v) is 14.1. The maximum atomic E-state index is 11.9. The van der Waals surface area contributed by atoms with E-state index >= 15 is 0 Å². The van der Waals surface area contributed by atoms with E-state index in [1.165, 1.54) is 37.4 Å². The topological polar surface area (TPSA) is 87.7 Å². The van der Waals surface area contributed by atoms with Crippen molar-refractivity contribution < 1.29 is 9.59 Å². The number of aromatic nitrogens is 3. The fraction of sp³-hybridized carbons (Fsp3) is 0.412. The Morgan fingerprint density at radius 1 is 1.21 bits per heavy atom. The standard InChI is InChI=1S/C17H20N4O2S/c22-15(19-16(23)13-8-2-1-3-9-13)11-24-17-18-14(20-21-17)10-12-6-4-5-7-12/h1-3,8-9,12H,4-7,10-11H2,(H,18,20,21)(H,19,22,23). The van der Waals surface area contributed by atoms with Gasteiger partial charge in [-0.05, 0) is 18.1 Å². The second kappa shape index (κ2) is 8.10. The molecule has 1 aromatic carbocycles. The third-order valence-corrected chi connectivity index (χ3v) is 4.94. The summed E-state index contributed by atoms with van der Waals surface area (Å²) < 4.78 is 0. The second-order valence-electron chi connectivity index (χ2n) is 5.95. The fourth-order valence-corrected chi connectivity index (χ4v) is 3.49. The highest BCUT2D eigenvalue weighted by atomic mass is 32.2. The molecular weight excluding hydrogens is 324 g/mol. The maximum absolute atomic E-state index is 11.9. The lowest BCUT2D eigenvalue weighted by Gasteiger charge is -2.04. The Kier molecular flexibility index (Phi) is 5.63. The zero-order chi connectivity index (χ0) is 16.8. The summed E-state index contributed by atoms with van der Waals surface area (Å²) in [5.74, 6) is 0.945. The second-order valence-corrected chi connectivity index (χ2v) is 6.89. The highest BCUT2D eigenvalue weighted by molar-refractivity contribution is 7.99. The lowest BCUT2D eigenvalue weighted by atomic mass is 10.0. The van der Waals surface area contributed by atoms with E-state index in [4.69, 9.17) is 0 Å². The molecule has 6 nitrogen and oxygen atoms in total. The van der Waals surface area contributed by atoms with Crippen LogP contribution in [-0.2, 0) is 11.2 Å². The van der Waals surface area contributed by atoms with Crippen molar-refractivity contribution in [3.8, 4) is 0 Å². The third-order valence-electron chi connectivity index (χ3n) is 4.09. The molecule has 1 aromatic heterocycles. The quantitative estimate of drug-likeness (QED) is 0.787. The molecule has 1 saturated carbocycles. The van der Waals surface area contributed by atoms with Gasteiger partial charge in [0.15, 0.2) is 0 Å². The monoisotopic (exact) mass is 344 g/mol. The van der Waals surface area contributed by atoms with Gasteiger partial charge < -0.3 is 0 Å². The minimum absolute atomic E-state index is 0.110. The minimum Gasteiger partial charge on any atom is -0.292 e. The number of imide groups is 1. The molecule has 1 heterocycles. The number of nitrogens with one attached hydrogen (secondary N) is 2. The molecular formula is C17H20N4O2S. The van der Waals surface area contributed by atoms with Gasteiger partial charge >= 0.3 is 0 Å². The van der Waals surface area contributed by atoms with Crippen molar-refractivity contribution in [2.24, 2.45) is 5.92 Å². The maximum Gasteiger partial charge on any atom is 0.257 e. The molecule has 1 aliphatic carbocycles. The molecule has 1 aliphatic rings. The first kappa shape index (κ1) is 16.7. The van der Waals surface area contributed by atoms with E-state index in [-0.39, 0.29) is 11.7 Å². The van der Waals surface area contributed by atoms with Crippen LogP contribution in [-0.4, -0.2) is 32.7 Å². The van der Waals surface area contributed by atoms with Gasteiger partial charge in [-0.25, -0.2) is 4.98 Å². The van der Waals surface area contributed by atoms with Gasteiger partial charge in [0.2, 0.25) is 11.1 Å². The van der Waals surface area contributed by atoms with Crippen molar-refractivity contribution in [1.29, 1.82) is 0 Å². The highest BCUT2D eigenvalue weighted by Crippen LogP contribution is 2.27. The van der Waals surface area contributed by atoms with Crippen molar-refractivity contribution in [2.45, 2.75) is 37.3 Å². The number of benzene rings is 1. The first-order chi connectivity index (χ1) is 11.7. The van der Waals surface area contributed by atoms with Crippen LogP contribution in [0.3, 0.4) is 0 Å². The van der Waals surface area contributed by atoms with Crippen LogP contribution in [0.4, 0.5) is 0 Å². The van der Waals surface area contributed by atoms with Crippen LogP contribution >= 0.6 is 11.8 Å². The van der Waals surface area contributed by atoms with E-state index in [9.17, 15) is 9.59 Å². The summed E-state index contributed by atoms with van der Waals surface area (Å²) in [6.45, 7) is 0. The number of H-pyrrole nitrogens is 1. The summed E-state index contributed by atoms with van der Waals surface area (Å²) in [5.41, 5.74) is 0.465. The summed E-state index contributed by atoms with van der Waals surface area (Å²) >= 11 is 1.23. The lowest BCUT2D eigenvalue weighted by molar-refractivity contribution is -0.117. The number of carbonyl (C=O) groups is 2. The third kappa shape index (κ3) is 4.67. The van der Waals surface area contributed by atoms with Gasteiger partial charge in [0.1, 0.15) is 5.82 Å². The van der Waals surface area contributed by atoms with Gasteiger partial charge in [0.05, 0.1) is 5.75 Å². The van der Waals surface area contributed by atoms with E-state index in [1.54, 1.807) is 24.3 Å². The molecule has 2 N–H and O–H groups in total. The lowest BCUT2D eigenvalue weighted by Crippen LogP contribution is -2.31. The molecule has 126 valence electrons. The van der Waals surface area contributed by atoms with E-state index < -0.39 is 5.91 Å². The van der Waals surface area contributed by atoms with E-state index in [2.05, 4.69) is 20.5 Å². The van der Waals surface area contributed by atoms with Gasteiger partial charge in [-0.2, -0.15) is 0 Å². The van der Waals surface area contributed by atoms with Crippen molar-refractivity contribution in [3.05, 3.63) is 41.7 Å². The first-order valence-electron chi connectivity index (χ1n) is 8.14. The number of hydrogen-bond donors (Lipinski definition) is 2. The summed E-state index contributed by atoms with van der Waals surface area (Å²) in [4.78, 5) is 28.2. The Labute approximate surface area is 144 Å². The molecule has 0 radical (unpaired) electrons. The number of nitrogens with zero attached hydrogens (tertiary/aromatic N) is 2. The molecule has 0 saturated heterocycles. The molecule has 3 rings (SSSR count). The van der Waals surface area contributed by atoms with Gasteiger partial charge in [-0.15, -0.1) is 5.10 Å². The van der Waals surface area contributed by atoms with Gasteiger partial charge in [0, 0.05) is 12.0 Å². The number of thioether (sulfide) groups is 1. The van der Waals surface area contributed by atoms with Crippen LogP contribution in [0.25, 0.3) is 0 Å². The van der Waals surface area contributed by atoms with Gasteiger partial charge in [-0.3, -0.25) is 20.0 Å². The summed E-state index contributed by atoms with van der Waals surface area (Å²) in [5, 5.41) is 9.99. The smallest absolute Gasteiger partial charge is 0.257 e. The molecule has 1 fully saturated rings. The number of aromatic amines is 1. The highest BCUT2D eigenvalue weighted by Gasteiger charge is 2.18. The summed E-state index contributed by atoms with van der Waals surface area (Å²) in [7, 11) is 0. The Bertz CT molecular complexity index is 696. The SMILES string of the molecule is O=C(CSc1n[nH]c(CC2CCCC2)n1)NC(=O)c1ccccc1. The van der Waals surface area contributed by atoms with Crippen LogP contribution in [0.15, 0.2) is 35.5 Å². The van der Waals surface area contributed by atoms with Gasteiger partial charge in [0.25, 0.3) is 5.91 Å². The Hall–Kier alpha value is -2.15. The van der Waals surface area contributed by atoms with Crippen molar-refractivity contribution in [3.63, 3.8) is 0 Å². The van der Waals surface area contributed by atoms with E-state index in [1.807, 2.05) is 6.07 Å². The molecule has 0 spiro atoms. The number of hydrogen-bond acceptors (Lipinski definition) is 5. The van der Waals surface area contributed by atoms with Crippen LogP contribution in [0.2, 0.25) is 0 Å². The van der Waals surface area contributed by atoms with Crippen molar-refractivity contribution >= 4 is 23.6 Å². The van der Waals surface area contributed by atoms with Crippen molar-refractivity contribution in [2.75, 3.05) is 5.75 Å². The predicted molar refractivity (Wildman–Crippen MR) is 91.7 cm³/mol. The molecule has 2 amide bonds. The Morgan fingerprint density at radius 3 is 2.71 bits per heavy atom. The van der Waals surface area contributed by atoms with Gasteiger partial charge in [-0.1, -0.05) is 55.6 Å². The molecule has 0 atom stereocenters. The minimum atomic E-state index is -0.391. The Morgan fingerprint density at radius 2 is 1.96 bits per heavy atom. The molecule has 7 heteroatoms. The Balaban J connectivity index is 1.44. The number of rotatable bonds is 6. The largest absolute Gasteiger partial charge is 0.292 e. The first-order valence-corrected chi connectivity index (χ1v) is 9.12. The molecule has 0 unspecified atom stereocenters. The van der Waals surface area contributed by atoms with E-state index in [0.717, 1.165) is 12.2 Å². The van der Waals surface area contributed by atoms with Crippen LogP contribution in [0.1, 0.15) is 41.9 Å².